The Balaban J connectivity index is 1.44. The van der Waals surface area contributed by atoms with Crippen LogP contribution in [0.1, 0.15) is 6.42 Å². The van der Waals surface area contributed by atoms with Crippen LogP contribution in [0.15, 0.2) is 23.7 Å². The second kappa shape index (κ2) is 6.12. The van der Waals surface area contributed by atoms with Crippen molar-refractivity contribution >= 4 is 55.0 Å². The highest BCUT2D eigenvalue weighted by molar-refractivity contribution is 7.16. The average Bonchev–Trinajstić information content (AvgIpc) is 3.25. The zero-order valence-corrected chi connectivity index (χ0v) is 14.9. The summed E-state index contributed by atoms with van der Waals surface area (Å²) in [5.74, 6) is 1.85. The second-order valence-corrected chi connectivity index (χ2v) is 7.40. The minimum absolute atomic E-state index is 0.860. The Bertz CT molecular complexity index is 946. The van der Waals surface area contributed by atoms with Crippen molar-refractivity contribution in [2.24, 2.45) is 0 Å². The third-order valence-electron chi connectivity index (χ3n) is 4.33. The van der Waals surface area contributed by atoms with E-state index in [-0.39, 0.29) is 0 Å². The highest BCUT2D eigenvalue weighted by atomic mass is 32.1. The zero-order valence-electron chi connectivity index (χ0n) is 13.2. The standard InChI is InChI=1S/C15H14N8S2/c1-2-22(12-10-14(18-6-16-12)24-8-20-10)4-5-23(3-1)13-11-15(19-7-17-13)25-9-21-11/h6-9H,1-5H2. The number of nitrogens with zero attached hydrogens (tertiary/aromatic N) is 8. The largest absolute Gasteiger partial charge is 0.353 e. The van der Waals surface area contributed by atoms with Gasteiger partial charge in [-0.1, -0.05) is 0 Å². The van der Waals surface area contributed by atoms with Gasteiger partial charge in [-0.2, -0.15) is 0 Å². The van der Waals surface area contributed by atoms with E-state index < -0.39 is 0 Å². The molecule has 0 aliphatic carbocycles. The summed E-state index contributed by atoms with van der Waals surface area (Å²) in [5, 5.41) is 0. The lowest BCUT2D eigenvalue weighted by molar-refractivity contribution is 0.795. The molecule has 0 atom stereocenters. The van der Waals surface area contributed by atoms with Gasteiger partial charge >= 0.3 is 0 Å². The fourth-order valence-corrected chi connectivity index (χ4v) is 4.41. The molecule has 1 aliphatic heterocycles. The van der Waals surface area contributed by atoms with Gasteiger partial charge in [0.15, 0.2) is 11.6 Å². The summed E-state index contributed by atoms with van der Waals surface area (Å²) in [5.41, 5.74) is 5.44. The molecule has 0 saturated carbocycles. The molecule has 0 amide bonds. The Labute approximate surface area is 151 Å². The van der Waals surface area contributed by atoms with Gasteiger partial charge < -0.3 is 9.80 Å². The smallest absolute Gasteiger partial charge is 0.159 e. The van der Waals surface area contributed by atoms with Gasteiger partial charge in [-0.05, 0) is 6.42 Å². The number of thiazole rings is 2. The third-order valence-corrected chi connectivity index (χ3v) is 5.79. The van der Waals surface area contributed by atoms with E-state index in [1.165, 1.54) is 0 Å². The molecular formula is C15H14N8S2. The van der Waals surface area contributed by atoms with Crippen LogP contribution in [0.5, 0.6) is 0 Å². The van der Waals surface area contributed by atoms with E-state index in [1.807, 2.05) is 11.0 Å². The fourth-order valence-electron chi connectivity index (χ4n) is 3.17. The van der Waals surface area contributed by atoms with Crippen LogP contribution in [0.2, 0.25) is 0 Å². The third kappa shape index (κ3) is 2.57. The normalized spacial score (nSPS) is 15.8. The first-order valence-corrected chi connectivity index (χ1v) is 9.74. The first kappa shape index (κ1) is 14.8. The lowest BCUT2D eigenvalue weighted by atomic mass is 10.3. The number of hydrogen-bond donors (Lipinski definition) is 0. The maximum absolute atomic E-state index is 4.49. The van der Waals surface area contributed by atoms with E-state index in [1.54, 1.807) is 35.3 Å². The van der Waals surface area contributed by atoms with Gasteiger partial charge in [-0.3, -0.25) is 0 Å². The van der Waals surface area contributed by atoms with Crippen LogP contribution in [-0.2, 0) is 0 Å². The lowest BCUT2D eigenvalue weighted by Gasteiger charge is -2.23. The molecule has 4 aromatic heterocycles. The first-order chi connectivity index (χ1) is 12.4. The van der Waals surface area contributed by atoms with E-state index >= 15 is 0 Å². The predicted octanol–water partition coefficient (Wildman–Crippen LogP) is 2.20. The molecule has 5 heterocycles. The van der Waals surface area contributed by atoms with Gasteiger partial charge in [0.05, 0.1) is 11.0 Å². The van der Waals surface area contributed by atoms with Crippen LogP contribution in [0.25, 0.3) is 20.7 Å². The van der Waals surface area contributed by atoms with Gasteiger partial charge in [0.2, 0.25) is 0 Å². The van der Waals surface area contributed by atoms with Crippen molar-refractivity contribution in [3.8, 4) is 0 Å². The number of aromatic nitrogens is 6. The quantitative estimate of drug-likeness (QED) is 0.531. The fraction of sp³-hybridized carbons (Fsp3) is 0.333. The molecular weight excluding hydrogens is 356 g/mol. The molecule has 0 unspecified atom stereocenters. The summed E-state index contributed by atoms with van der Waals surface area (Å²) in [6, 6.07) is 0. The Morgan fingerprint density at radius 2 is 1.16 bits per heavy atom. The molecule has 4 aromatic rings. The van der Waals surface area contributed by atoms with Crippen LogP contribution in [0, 0.1) is 0 Å². The van der Waals surface area contributed by atoms with Gasteiger partial charge in [-0.25, -0.2) is 29.9 Å². The van der Waals surface area contributed by atoms with Crippen molar-refractivity contribution in [2.75, 3.05) is 36.0 Å². The van der Waals surface area contributed by atoms with Crippen molar-refractivity contribution in [1.82, 2.24) is 29.9 Å². The molecule has 0 bridgehead atoms. The highest BCUT2D eigenvalue weighted by Crippen LogP contribution is 2.27. The first-order valence-electron chi connectivity index (χ1n) is 7.98. The van der Waals surface area contributed by atoms with Crippen molar-refractivity contribution in [3.63, 3.8) is 0 Å². The van der Waals surface area contributed by atoms with E-state index in [0.717, 1.165) is 64.9 Å². The van der Waals surface area contributed by atoms with Gasteiger partial charge in [0, 0.05) is 26.2 Å². The summed E-state index contributed by atoms with van der Waals surface area (Å²) in [7, 11) is 0. The topological polar surface area (TPSA) is 83.8 Å². The summed E-state index contributed by atoms with van der Waals surface area (Å²) in [6.45, 7) is 3.59. The minimum atomic E-state index is 0.860. The Morgan fingerprint density at radius 3 is 1.68 bits per heavy atom. The van der Waals surface area contributed by atoms with Crippen LogP contribution in [0.3, 0.4) is 0 Å². The number of rotatable bonds is 2. The Morgan fingerprint density at radius 1 is 0.640 bits per heavy atom. The minimum Gasteiger partial charge on any atom is -0.353 e. The molecule has 0 spiro atoms. The van der Waals surface area contributed by atoms with Gasteiger partial charge in [0.1, 0.15) is 33.3 Å². The van der Waals surface area contributed by atoms with E-state index in [0.29, 0.717) is 0 Å². The molecule has 0 aromatic carbocycles. The van der Waals surface area contributed by atoms with E-state index in [2.05, 4.69) is 39.7 Å². The second-order valence-electron chi connectivity index (χ2n) is 5.73. The molecule has 5 rings (SSSR count). The van der Waals surface area contributed by atoms with Crippen molar-refractivity contribution in [1.29, 1.82) is 0 Å². The summed E-state index contributed by atoms with van der Waals surface area (Å²) in [6.07, 6.45) is 4.27. The summed E-state index contributed by atoms with van der Waals surface area (Å²) < 4.78 is 0. The van der Waals surface area contributed by atoms with E-state index in [9.17, 15) is 0 Å². The van der Waals surface area contributed by atoms with Crippen molar-refractivity contribution < 1.29 is 0 Å². The maximum Gasteiger partial charge on any atom is 0.159 e. The van der Waals surface area contributed by atoms with Crippen LogP contribution in [-0.4, -0.2) is 56.1 Å². The SMILES string of the molecule is c1nc(N2CCCN(c3ncnc4scnc34)CC2)c2ncsc2n1. The number of fused-ring (bicyclic) bond motifs is 2. The molecule has 126 valence electrons. The molecule has 25 heavy (non-hydrogen) atoms. The highest BCUT2D eigenvalue weighted by Gasteiger charge is 2.21. The van der Waals surface area contributed by atoms with E-state index in [4.69, 9.17) is 0 Å². The summed E-state index contributed by atoms with van der Waals surface area (Å²) >= 11 is 3.09. The van der Waals surface area contributed by atoms with Crippen LogP contribution in [0.4, 0.5) is 11.6 Å². The predicted molar refractivity (Wildman–Crippen MR) is 99.5 cm³/mol. The molecule has 1 aliphatic rings. The van der Waals surface area contributed by atoms with Gasteiger partial charge in [0.25, 0.3) is 0 Å². The molecule has 0 radical (unpaired) electrons. The average molecular weight is 370 g/mol. The van der Waals surface area contributed by atoms with Gasteiger partial charge in [-0.15, -0.1) is 22.7 Å². The maximum atomic E-state index is 4.49. The number of hydrogen-bond acceptors (Lipinski definition) is 10. The molecule has 0 N–H and O–H groups in total. The zero-order chi connectivity index (χ0) is 16.6. The molecule has 8 nitrogen and oxygen atoms in total. The number of anilines is 2. The Hall–Kier alpha value is -2.46. The Kier molecular flexibility index (Phi) is 3.63. The van der Waals surface area contributed by atoms with Crippen molar-refractivity contribution in [3.05, 3.63) is 23.7 Å². The molecule has 1 fully saturated rings. The molecule has 10 heteroatoms. The molecule has 1 saturated heterocycles. The monoisotopic (exact) mass is 370 g/mol. The van der Waals surface area contributed by atoms with Crippen LogP contribution >= 0.6 is 22.7 Å². The lowest BCUT2D eigenvalue weighted by Crippen LogP contribution is -2.31. The van der Waals surface area contributed by atoms with Crippen molar-refractivity contribution in [2.45, 2.75) is 6.42 Å². The van der Waals surface area contributed by atoms with Crippen LogP contribution < -0.4 is 9.80 Å². The summed E-state index contributed by atoms with van der Waals surface area (Å²) in [4.78, 5) is 32.9.